The number of carbonyl (C=O) groups is 1. The molecule has 0 spiro atoms. The van der Waals surface area contributed by atoms with Gasteiger partial charge in [0.1, 0.15) is 0 Å². The molecule has 0 aromatic heterocycles. The van der Waals surface area contributed by atoms with E-state index in [1.165, 1.54) is 30.9 Å². The van der Waals surface area contributed by atoms with E-state index in [1.807, 2.05) is 0 Å². The molecule has 2 rings (SSSR count). The van der Waals surface area contributed by atoms with E-state index in [4.69, 9.17) is 16.7 Å². The summed E-state index contributed by atoms with van der Waals surface area (Å²) < 4.78 is 0. The number of allylic oxidation sites excluding steroid dienone is 1. The third-order valence-corrected chi connectivity index (χ3v) is 3.42. The molecule has 0 aliphatic heterocycles. The van der Waals surface area contributed by atoms with E-state index in [0.717, 1.165) is 18.7 Å². The normalized spacial score (nSPS) is 14.4. The molecule has 0 heterocycles. The molecule has 4 heteroatoms. The van der Waals surface area contributed by atoms with Crippen molar-refractivity contribution in [2.75, 3.05) is 11.9 Å². The van der Waals surface area contributed by atoms with Crippen molar-refractivity contribution in [2.24, 2.45) is 0 Å². The summed E-state index contributed by atoms with van der Waals surface area (Å²) in [5.41, 5.74) is 2.51. The molecule has 1 aliphatic rings. The molecule has 18 heavy (non-hydrogen) atoms. The number of anilines is 1. The predicted molar refractivity (Wildman–Crippen MR) is 73.5 cm³/mol. The van der Waals surface area contributed by atoms with Gasteiger partial charge in [0.2, 0.25) is 0 Å². The molecule has 1 aromatic rings. The van der Waals surface area contributed by atoms with Gasteiger partial charge in [-0.3, -0.25) is 0 Å². The monoisotopic (exact) mass is 265 g/mol. The highest BCUT2D eigenvalue weighted by atomic mass is 35.5. The molecule has 1 aliphatic carbocycles. The van der Waals surface area contributed by atoms with Crippen LogP contribution in [-0.2, 0) is 0 Å². The molecule has 1 aromatic carbocycles. The summed E-state index contributed by atoms with van der Waals surface area (Å²) in [6.07, 6.45) is 7.03. The van der Waals surface area contributed by atoms with Crippen LogP contribution in [0.4, 0.5) is 5.69 Å². The molecule has 0 bridgehead atoms. The summed E-state index contributed by atoms with van der Waals surface area (Å²) in [5.74, 6) is -0.998. The Morgan fingerprint density at radius 1 is 1.44 bits per heavy atom. The molecule has 0 radical (unpaired) electrons. The van der Waals surface area contributed by atoms with Crippen molar-refractivity contribution in [3.05, 3.63) is 40.4 Å². The average Bonchev–Trinajstić information content (AvgIpc) is 2.81. The van der Waals surface area contributed by atoms with Crippen molar-refractivity contribution in [1.82, 2.24) is 0 Å². The van der Waals surface area contributed by atoms with Crippen molar-refractivity contribution < 1.29 is 9.90 Å². The van der Waals surface area contributed by atoms with Gasteiger partial charge < -0.3 is 10.4 Å². The number of halogens is 1. The maximum atomic E-state index is 10.8. The minimum atomic E-state index is -0.998. The topological polar surface area (TPSA) is 49.3 Å². The summed E-state index contributed by atoms with van der Waals surface area (Å²) >= 11 is 5.90. The van der Waals surface area contributed by atoms with E-state index in [9.17, 15) is 4.79 Å². The van der Waals surface area contributed by atoms with E-state index in [-0.39, 0.29) is 10.6 Å². The summed E-state index contributed by atoms with van der Waals surface area (Å²) in [7, 11) is 0. The van der Waals surface area contributed by atoms with Crippen LogP contribution in [0.2, 0.25) is 5.02 Å². The Kier molecular flexibility index (Phi) is 4.26. The molecule has 96 valence electrons. The number of benzene rings is 1. The highest BCUT2D eigenvalue weighted by Gasteiger charge is 2.09. The van der Waals surface area contributed by atoms with Gasteiger partial charge in [0.05, 0.1) is 10.6 Å². The van der Waals surface area contributed by atoms with Crippen molar-refractivity contribution in [2.45, 2.75) is 25.7 Å². The van der Waals surface area contributed by atoms with Gasteiger partial charge in [-0.05, 0) is 43.9 Å². The first-order valence-corrected chi connectivity index (χ1v) is 6.49. The largest absolute Gasteiger partial charge is 0.478 e. The fraction of sp³-hybridized carbons (Fsp3) is 0.357. The summed E-state index contributed by atoms with van der Waals surface area (Å²) in [4.78, 5) is 10.8. The smallest absolute Gasteiger partial charge is 0.337 e. The van der Waals surface area contributed by atoms with E-state index in [0.29, 0.717) is 0 Å². The van der Waals surface area contributed by atoms with E-state index < -0.39 is 5.97 Å². The Morgan fingerprint density at radius 2 is 2.28 bits per heavy atom. The first-order chi connectivity index (χ1) is 8.66. The quantitative estimate of drug-likeness (QED) is 0.793. The first-order valence-electron chi connectivity index (χ1n) is 6.11. The lowest BCUT2D eigenvalue weighted by Crippen LogP contribution is -2.03. The van der Waals surface area contributed by atoms with Gasteiger partial charge in [-0.15, -0.1) is 0 Å². The van der Waals surface area contributed by atoms with E-state index in [1.54, 1.807) is 12.1 Å². The zero-order valence-corrected chi connectivity index (χ0v) is 10.8. The van der Waals surface area contributed by atoms with Gasteiger partial charge in [0.25, 0.3) is 0 Å². The van der Waals surface area contributed by atoms with Gasteiger partial charge in [-0.25, -0.2) is 4.79 Å². The van der Waals surface area contributed by atoms with E-state index in [2.05, 4.69) is 11.4 Å². The van der Waals surface area contributed by atoms with Gasteiger partial charge in [0, 0.05) is 12.2 Å². The molecular weight excluding hydrogens is 250 g/mol. The average molecular weight is 266 g/mol. The number of carboxylic acids is 1. The molecule has 0 atom stereocenters. The second kappa shape index (κ2) is 5.91. The summed E-state index contributed by atoms with van der Waals surface area (Å²) in [5, 5.41) is 12.4. The van der Waals surface area contributed by atoms with Crippen LogP contribution in [0, 0.1) is 0 Å². The standard InChI is InChI=1S/C14H16ClNO2/c15-13-9-11(5-6-12(13)14(17)18)16-8-7-10-3-1-2-4-10/h3,5-6,9,16H,1-2,4,7-8H2,(H,17,18). The Labute approximate surface area is 111 Å². The number of rotatable bonds is 5. The number of aromatic carboxylic acids is 1. The molecule has 2 N–H and O–H groups in total. The maximum Gasteiger partial charge on any atom is 0.337 e. The number of carboxylic acid groups (broad SMARTS) is 1. The molecule has 0 amide bonds. The zero-order valence-electron chi connectivity index (χ0n) is 10.1. The number of hydrogen-bond acceptors (Lipinski definition) is 2. The minimum Gasteiger partial charge on any atom is -0.478 e. The van der Waals surface area contributed by atoms with Crippen molar-refractivity contribution in [1.29, 1.82) is 0 Å². The van der Waals surface area contributed by atoms with Crippen LogP contribution in [0.3, 0.4) is 0 Å². The molecule has 0 fully saturated rings. The Hall–Kier alpha value is -1.48. The van der Waals surface area contributed by atoms with Crippen LogP contribution in [0.5, 0.6) is 0 Å². The Balaban J connectivity index is 1.89. The molecule has 0 saturated carbocycles. The van der Waals surface area contributed by atoms with Crippen LogP contribution < -0.4 is 5.32 Å². The fourth-order valence-corrected chi connectivity index (χ4v) is 2.39. The van der Waals surface area contributed by atoms with Crippen LogP contribution >= 0.6 is 11.6 Å². The highest BCUT2D eigenvalue weighted by Crippen LogP contribution is 2.23. The van der Waals surface area contributed by atoms with Gasteiger partial charge in [-0.1, -0.05) is 23.3 Å². The fourth-order valence-electron chi connectivity index (χ4n) is 2.13. The van der Waals surface area contributed by atoms with Crippen LogP contribution in [0.25, 0.3) is 0 Å². The zero-order chi connectivity index (χ0) is 13.0. The SMILES string of the molecule is O=C(O)c1ccc(NCCC2=CCCC2)cc1Cl. The maximum absolute atomic E-state index is 10.8. The lowest BCUT2D eigenvalue weighted by atomic mass is 10.1. The van der Waals surface area contributed by atoms with Gasteiger partial charge in [0.15, 0.2) is 0 Å². The lowest BCUT2D eigenvalue weighted by Gasteiger charge is -2.08. The van der Waals surface area contributed by atoms with Crippen LogP contribution in [0.1, 0.15) is 36.0 Å². The number of nitrogens with one attached hydrogen (secondary N) is 1. The molecule has 0 saturated heterocycles. The van der Waals surface area contributed by atoms with Crippen molar-refractivity contribution >= 4 is 23.3 Å². The predicted octanol–water partition coefficient (Wildman–Crippen LogP) is 3.95. The van der Waals surface area contributed by atoms with Crippen LogP contribution in [-0.4, -0.2) is 17.6 Å². The van der Waals surface area contributed by atoms with Gasteiger partial charge >= 0.3 is 5.97 Å². The third-order valence-electron chi connectivity index (χ3n) is 3.11. The Morgan fingerprint density at radius 3 is 2.89 bits per heavy atom. The second-order valence-electron chi connectivity index (χ2n) is 4.43. The lowest BCUT2D eigenvalue weighted by molar-refractivity contribution is 0.0697. The first kappa shape index (κ1) is 13.0. The van der Waals surface area contributed by atoms with Crippen molar-refractivity contribution in [3.8, 4) is 0 Å². The molecule has 3 nitrogen and oxygen atoms in total. The van der Waals surface area contributed by atoms with E-state index >= 15 is 0 Å². The highest BCUT2D eigenvalue weighted by molar-refractivity contribution is 6.33. The second-order valence-corrected chi connectivity index (χ2v) is 4.84. The van der Waals surface area contributed by atoms with Crippen LogP contribution in [0.15, 0.2) is 29.8 Å². The minimum absolute atomic E-state index is 0.140. The van der Waals surface area contributed by atoms with Crippen molar-refractivity contribution in [3.63, 3.8) is 0 Å². The molecular formula is C14H16ClNO2. The summed E-state index contributed by atoms with van der Waals surface area (Å²) in [6.45, 7) is 0.856. The summed E-state index contributed by atoms with van der Waals surface area (Å²) in [6, 6.07) is 4.94. The van der Waals surface area contributed by atoms with Gasteiger partial charge in [-0.2, -0.15) is 0 Å². The molecule has 0 unspecified atom stereocenters. The number of hydrogen-bond donors (Lipinski definition) is 2. The Bertz CT molecular complexity index is 483. The third kappa shape index (κ3) is 3.26.